The summed E-state index contributed by atoms with van der Waals surface area (Å²) in [6, 6.07) is 31.1. The molecular formula is C22H20N2. The topological polar surface area (TPSA) is 27.0 Å². The summed E-state index contributed by atoms with van der Waals surface area (Å²) < 4.78 is 0. The van der Waals surface area contributed by atoms with Gasteiger partial charge in [-0.1, -0.05) is 54.6 Å². The Hall–Kier alpha value is -3.05. The maximum atomic E-state index is 9.63. The molecular weight excluding hydrogens is 292 g/mol. The van der Waals surface area contributed by atoms with Crippen LogP contribution in [-0.2, 0) is 5.41 Å². The van der Waals surface area contributed by atoms with Gasteiger partial charge in [-0.3, -0.25) is 0 Å². The van der Waals surface area contributed by atoms with Crippen molar-refractivity contribution in [1.29, 1.82) is 5.26 Å². The fourth-order valence-corrected chi connectivity index (χ4v) is 2.84. The van der Waals surface area contributed by atoms with Crippen molar-refractivity contribution in [2.24, 2.45) is 0 Å². The summed E-state index contributed by atoms with van der Waals surface area (Å²) in [7, 11) is 0. The first kappa shape index (κ1) is 15.8. The fourth-order valence-electron chi connectivity index (χ4n) is 2.84. The molecule has 3 aromatic rings. The number of hydrogen-bond donors (Lipinski definition) is 0. The lowest BCUT2D eigenvalue weighted by Crippen LogP contribution is -2.20. The highest BCUT2D eigenvalue weighted by Crippen LogP contribution is 2.40. The van der Waals surface area contributed by atoms with Gasteiger partial charge in [0.15, 0.2) is 0 Å². The first-order valence-electron chi connectivity index (χ1n) is 8.04. The van der Waals surface area contributed by atoms with Crippen molar-refractivity contribution in [3.8, 4) is 6.07 Å². The monoisotopic (exact) mass is 312 g/mol. The Morgan fingerprint density at radius 1 is 0.708 bits per heavy atom. The van der Waals surface area contributed by atoms with Gasteiger partial charge in [-0.2, -0.15) is 5.26 Å². The molecule has 0 bridgehead atoms. The van der Waals surface area contributed by atoms with E-state index in [0.717, 1.165) is 22.6 Å². The van der Waals surface area contributed by atoms with Crippen LogP contribution in [0.15, 0.2) is 84.9 Å². The normalized spacial score (nSPS) is 10.9. The summed E-state index contributed by atoms with van der Waals surface area (Å²) in [6.07, 6.45) is 0. The van der Waals surface area contributed by atoms with Crippen LogP contribution in [0.4, 0.5) is 17.1 Å². The van der Waals surface area contributed by atoms with E-state index in [1.165, 1.54) is 0 Å². The average Bonchev–Trinajstić information content (AvgIpc) is 2.64. The highest BCUT2D eigenvalue weighted by atomic mass is 15.1. The minimum Gasteiger partial charge on any atom is -0.310 e. The third-order valence-electron chi connectivity index (χ3n) is 4.13. The molecule has 0 aromatic heterocycles. The van der Waals surface area contributed by atoms with Gasteiger partial charge < -0.3 is 4.90 Å². The van der Waals surface area contributed by atoms with E-state index in [2.05, 4.69) is 41.3 Å². The van der Waals surface area contributed by atoms with Gasteiger partial charge in [0.05, 0.1) is 17.2 Å². The molecule has 0 aliphatic rings. The van der Waals surface area contributed by atoms with Crippen LogP contribution in [0.2, 0.25) is 0 Å². The van der Waals surface area contributed by atoms with E-state index in [1.807, 2.05) is 68.4 Å². The number of nitriles is 1. The molecule has 2 heteroatoms. The van der Waals surface area contributed by atoms with E-state index in [9.17, 15) is 5.26 Å². The van der Waals surface area contributed by atoms with Crippen LogP contribution in [-0.4, -0.2) is 0 Å². The molecule has 0 unspecified atom stereocenters. The van der Waals surface area contributed by atoms with Gasteiger partial charge in [0, 0.05) is 11.4 Å². The Labute approximate surface area is 143 Å². The molecule has 0 saturated carbocycles. The van der Waals surface area contributed by atoms with E-state index >= 15 is 0 Å². The van der Waals surface area contributed by atoms with Crippen molar-refractivity contribution in [3.63, 3.8) is 0 Å². The molecule has 0 N–H and O–H groups in total. The van der Waals surface area contributed by atoms with Gasteiger partial charge in [-0.05, 0) is 49.7 Å². The molecule has 118 valence electrons. The van der Waals surface area contributed by atoms with Crippen LogP contribution >= 0.6 is 0 Å². The van der Waals surface area contributed by atoms with E-state index in [1.54, 1.807) is 0 Å². The van der Waals surface area contributed by atoms with Crippen molar-refractivity contribution >= 4 is 17.1 Å². The van der Waals surface area contributed by atoms with Crippen LogP contribution in [0.1, 0.15) is 19.4 Å². The smallest absolute Gasteiger partial charge is 0.0786 e. The number of hydrogen-bond acceptors (Lipinski definition) is 2. The molecule has 2 nitrogen and oxygen atoms in total. The maximum Gasteiger partial charge on any atom is 0.0786 e. The second-order valence-corrected chi connectivity index (χ2v) is 6.26. The highest BCUT2D eigenvalue weighted by molar-refractivity contribution is 5.79. The van der Waals surface area contributed by atoms with E-state index in [4.69, 9.17) is 0 Å². The molecule has 0 fully saturated rings. The third kappa shape index (κ3) is 3.02. The predicted molar refractivity (Wildman–Crippen MR) is 99.8 cm³/mol. The molecule has 0 atom stereocenters. The highest BCUT2D eigenvalue weighted by Gasteiger charge is 2.26. The zero-order valence-corrected chi connectivity index (χ0v) is 14.0. The molecule has 0 radical (unpaired) electrons. The molecule has 3 rings (SSSR count). The summed E-state index contributed by atoms with van der Waals surface area (Å²) in [5, 5.41) is 9.63. The second-order valence-electron chi connectivity index (χ2n) is 6.26. The zero-order chi connectivity index (χ0) is 17.0. The van der Waals surface area contributed by atoms with Crippen LogP contribution in [0.25, 0.3) is 0 Å². The molecule has 3 aromatic carbocycles. The number of anilines is 3. The van der Waals surface area contributed by atoms with E-state index < -0.39 is 5.41 Å². The van der Waals surface area contributed by atoms with Crippen molar-refractivity contribution in [2.75, 3.05) is 4.90 Å². The molecule has 0 saturated heterocycles. The van der Waals surface area contributed by atoms with Crippen LogP contribution in [0.3, 0.4) is 0 Å². The predicted octanol–water partition coefficient (Wildman–Crippen LogP) is 5.96. The molecule has 0 heterocycles. The lowest BCUT2D eigenvalue weighted by molar-refractivity contribution is 0.687. The minimum absolute atomic E-state index is 0.571. The molecule has 0 amide bonds. The molecule has 24 heavy (non-hydrogen) atoms. The van der Waals surface area contributed by atoms with Crippen LogP contribution < -0.4 is 4.90 Å². The summed E-state index contributed by atoms with van der Waals surface area (Å²) in [6.45, 7) is 3.92. The fraction of sp³-hybridized carbons (Fsp3) is 0.136. The molecule has 0 aliphatic heterocycles. The van der Waals surface area contributed by atoms with Gasteiger partial charge in [-0.15, -0.1) is 0 Å². The Kier molecular flexibility index (Phi) is 4.35. The first-order valence-corrected chi connectivity index (χ1v) is 8.04. The van der Waals surface area contributed by atoms with E-state index in [0.29, 0.717) is 0 Å². The van der Waals surface area contributed by atoms with Gasteiger partial charge in [0.2, 0.25) is 0 Å². The Balaban J connectivity index is 2.24. The summed E-state index contributed by atoms with van der Waals surface area (Å²) in [5.41, 5.74) is 3.62. The number of para-hydroxylation sites is 3. The van der Waals surface area contributed by atoms with Gasteiger partial charge in [0.25, 0.3) is 0 Å². The summed E-state index contributed by atoms with van der Waals surface area (Å²) in [5.74, 6) is 0. The molecule has 0 aliphatic carbocycles. The van der Waals surface area contributed by atoms with Gasteiger partial charge in [0.1, 0.15) is 0 Å². The van der Waals surface area contributed by atoms with E-state index in [-0.39, 0.29) is 0 Å². The van der Waals surface area contributed by atoms with Crippen molar-refractivity contribution in [2.45, 2.75) is 19.3 Å². The number of nitrogens with zero attached hydrogens (tertiary/aromatic N) is 2. The molecule has 0 spiro atoms. The summed E-state index contributed by atoms with van der Waals surface area (Å²) >= 11 is 0. The standard InChI is InChI=1S/C22H20N2/c1-22(2,17-23)20-15-9-10-16-21(20)24(18-11-5-3-6-12-18)19-13-7-4-8-14-19/h3-16H,1-2H3. The first-order chi connectivity index (χ1) is 11.6. The van der Waals surface area contributed by atoms with Crippen molar-refractivity contribution in [1.82, 2.24) is 0 Å². The number of benzene rings is 3. The Morgan fingerprint density at radius 2 is 1.17 bits per heavy atom. The van der Waals surface area contributed by atoms with Crippen molar-refractivity contribution in [3.05, 3.63) is 90.5 Å². The minimum atomic E-state index is -0.571. The van der Waals surface area contributed by atoms with Crippen LogP contribution in [0.5, 0.6) is 0 Å². The lowest BCUT2D eigenvalue weighted by Gasteiger charge is -2.30. The summed E-state index contributed by atoms with van der Waals surface area (Å²) in [4.78, 5) is 2.20. The third-order valence-corrected chi connectivity index (χ3v) is 4.13. The SMILES string of the molecule is CC(C)(C#N)c1ccccc1N(c1ccccc1)c1ccccc1. The lowest BCUT2D eigenvalue weighted by atomic mass is 9.84. The van der Waals surface area contributed by atoms with Gasteiger partial charge >= 0.3 is 0 Å². The number of rotatable bonds is 4. The maximum absolute atomic E-state index is 9.63. The van der Waals surface area contributed by atoms with Crippen molar-refractivity contribution < 1.29 is 0 Å². The largest absolute Gasteiger partial charge is 0.310 e. The quantitative estimate of drug-likeness (QED) is 0.594. The Bertz CT molecular complexity index is 806. The van der Waals surface area contributed by atoms with Crippen LogP contribution in [0, 0.1) is 11.3 Å². The van der Waals surface area contributed by atoms with Gasteiger partial charge in [-0.25, -0.2) is 0 Å². The zero-order valence-electron chi connectivity index (χ0n) is 14.0. The Morgan fingerprint density at radius 3 is 1.67 bits per heavy atom. The second kappa shape index (κ2) is 6.60. The average molecular weight is 312 g/mol.